The van der Waals surface area contributed by atoms with E-state index >= 15 is 0 Å². The van der Waals surface area contributed by atoms with Crippen LogP contribution in [0.25, 0.3) is 11.1 Å². The zero-order chi connectivity index (χ0) is 16.3. The molecule has 1 heterocycles. The predicted octanol–water partition coefficient (Wildman–Crippen LogP) is 5.85. The fourth-order valence-corrected chi connectivity index (χ4v) is 2.44. The molecule has 3 rings (SSSR count). The average Bonchev–Trinajstić information content (AvgIpc) is 2.50. The molecule has 0 saturated carbocycles. The minimum absolute atomic E-state index is 0.297. The molecule has 0 N–H and O–H groups in total. The maximum Gasteiger partial charge on any atom is 0.400 e. The first kappa shape index (κ1) is 16.5. The number of hydrogen-bond donors (Lipinski definition) is 0. The number of aryl methyl sites for hydroxylation is 1. The highest BCUT2D eigenvalue weighted by atomic mass is 19.3. The number of halogens is 2. The number of benzene rings is 2. The normalized spacial score (nSPS) is 18.5. The van der Waals surface area contributed by atoms with Gasteiger partial charge in [-0.2, -0.15) is 8.78 Å². The van der Waals surface area contributed by atoms with Gasteiger partial charge in [-0.3, -0.25) is 0 Å². The quantitative estimate of drug-likeness (QED) is 0.642. The molecule has 0 saturated heterocycles. The summed E-state index contributed by atoms with van der Waals surface area (Å²) in [6, 6.07) is 13.5. The molecule has 3 heteroatoms. The second kappa shape index (κ2) is 6.47. The second-order valence-corrected chi connectivity index (χ2v) is 5.46. The van der Waals surface area contributed by atoms with Gasteiger partial charge >= 0.3 is 6.11 Å². The van der Waals surface area contributed by atoms with Gasteiger partial charge in [-0.05, 0) is 36.1 Å². The van der Waals surface area contributed by atoms with Crippen molar-refractivity contribution in [3.63, 3.8) is 0 Å². The zero-order valence-corrected chi connectivity index (χ0v) is 13.5. The largest absolute Gasteiger partial charge is 0.432 e. The minimum Gasteiger partial charge on any atom is -0.432 e. The molecule has 0 spiro atoms. The lowest BCUT2D eigenvalue weighted by molar-refractivity contribution is -0.218. The Morgan fingerprint density at radius 3 is 2.23 bits per heavy atom. The van der Waals surface area contributed by atoms with Crippen molar-refractivity contribution in [3.8, 4) is 16.9 Å². The van der Waals surface area contributed by atoms with Gasteiger partial charge in [0.2, 0.25) is 0 Å². The number of ether oxygens (including phenoxy) is 1. The van der Waals surface area contributed by atoms with Crippen LogP contribution in [0.3, 0.4) is 0 Å². The van der Waals surface area contributed by atoms with Crippen LogP contribution in [-0.4, -0.2) is 6.11 Å². The average molecular weight is 304 g/mol. The Labute approximate surface area is 130 Å². The third kappa shape index (κ3) is 3.29. The van der Waals surface area contributed by atoms with E-state index in [4.69, 9.17) is 4.74 Å². The molecule has 2 aromatic rings. The van der Waals surface area contributed by atoms with Crippen LogP contribution in [0.5, 0.6) is 5.75 Å². The lowest BCUT2D eigenvalue weighted by Gasteiger charge is -2.30. The van der Waals surface area contributed by atoms with Gasteiger partial charge in [0.15, 0.2) is 0 Å². The Balaban J connectivity index is 0.000000847. The number of hydrogen-bond acceptors (Lipinski definition) is 1. The van der Waals surface area contributed by atoms with Crippen LogP contribution in [0.1, 0.15) is 31.9 Å². The zero-order valence-electron chi connectivity index (χ0n) is 13.5. The summed E-state index contributed by atoms with van der Waals surface area (Å²) in [6.07, 6.45) is -2.74. The number of fused-ring (bicyclic) bond motifs is 1. The summed E-state index contributed by atoms with van der Waals surface area (Å²) in [6.45, 7) is 7.53. The van der Waals surface area contributed by atoms with Gasteiger partial charge in [0.25, 0.3) is 0 Å². The lowest BCUT2D eigenvalue weighted by Crippen LogP contribution is -2.37. The highest BCUT2D eigenvalue weighted by Gasteiger charge is 2.43. The van der Waals surface area contributed by atoms with E-state index in [0.29, 0.717) is 12.2 Å². The van der Waals surface area contributed by atoms with Gasteiger partial charge in [0.1, 0.15) is 5.75 Å². The summed E-state index contributed by atoms with van der Waals surface area (Å²) in [4.78, 5) is 0. The topological polar surface area (TPSA) is 9.23 Å². The predicted molar refractivity (Wildman–Crippen MR) is 86.4 cm³/mol. The monoisotopic (exact) mass is 304 g/mol. The van der Waals surface area contributed by atoms with Crippen molar-refractivity contribution >= 4 is 0 Å². The van der Waals surface area contributed by atoms with E-state index in [2.05, 4.69) is 0 Å². The van der Waals surface area contributed by atoms with E-state index in [1.165, 1.54) is 12.5 Å². The first-order valence-electron chi connectivity index (χ1n) is 7.72. The fourth-order valence-electron chi connectivity index (χ4n) is 2.44. The SMILES string of the molecule is CC.Cc1ccc(-c2ccc3c(c2)OC(F)(F)C(C)C3)cc1. The second-order valence-electron chi connectivity index (χ2n) is 5.46. The molecule has 1 aliphatic heterocycles. The van der Waals surface area contributed by atoms with Crippen molar-refractivity contribution in [2.24, 2.45) is 5.92 Å². The molecule has 0 aliphatic carbocycles. The van der Waals surface area contributed by atoms with Gasteiger partial charge < -0.3 is 4.74 Å². The fraction of sp³-hybridized carbons (Fsp3) is 0.368. The van der Waals surface area contributed by atoms with Crippen LogP contribution in [0.15, 0.2) is 42.5 Å². The van der Waals surface area contributed by atoms with E-state index in [-0.39, 0.29) is 0 Å². The van der Waals surface area contributed by atoms with Crippen LogP contribution in [0.4, 0.5) is 8.78 Å². The highest BCUT2D eigenvalue weighted by molar-refractivity contribution is 5.66. The lowest BCUT2D eigenvalue weighted by atomic mass is 9.94. The van der Waals surface area contributed by atoms with Crippen LogP contribution < -0.4 is 4.74 Å². The van der Waals surface area contributed by atoms with E-state index in [0.717, 1.165) is 16.7 Å². The first-order valence-corrected chi connectivity index (χ1v) is 7.72. The van der Waals surface area contributed by atoms with Gasteiger partial charge in [-0.25, -0.2) is 0 Å². The summed E-state index contributed by atoms with van der Waals surface area (Å²) in [5, 5.41) is 0. The van der Waals surface area contributed by atoms with Crippen molar-refractivity contribution in [1.82, 2.24) is 0 Å². The van der Waals surface area contributed by atoms with E-state index in [1.807, 2.05) is 57.2 Å². The molecule has 1 nitrogen and oxygen atoms in total. The molecule has 22 heavy (non-hydrogen) atoms. The Kier molecular flexibility index (Phi) is 4.84. The van der Waals surface area contributed by atoms with Crippen LogP contribution in [0, 0.1) is 12.8 Å². The summed E-state index contributed by atoms with van der Waals surface area (Å²) in [7, 11) is 0. The third-order valence-electron chi connectivity index (χ3n) is 3.80. The van der Waals surface area contributed by atoms with Gasteiger partial charge in [0.05, 0.1) is 5.92 Å². The number of alkyl halides is 2. The molecule has 0 amide bonds. The molecule has 2 aromatic carbocycles. The summed E-state index contributed by atoms with van der Waals surface area (Å²) in [5.74, 6) is -0.494. The standard InChI is InChI=1S/C17H16F2O.C2H6/c1-11-3-5-13(6-4-11)14-7-8-15-9-12(2)17(18,19)20-16(15)10-14;1-2/h3-8,10,12H,9H2,1-2H3;1-2H3. The highest BCUT2D eigenvalue weighted by Crippen LogP contribution is 2.40. The molecule has 0 aromatic heterocycles. The van der Waals surface area contributed by atoms with Crippen LogP contribution in [-0.2, 0) is 6.42 Å². The van der Waals surface area contributed by atoms with Gasteiger partial charge in [-0.15, -0.1) is 0 Å². The van der Waals surface area contributed by atoms with Crippen LogP contribution in [0.2, 0.25) is 0 Å². The molecule has 1 atom stereocenters. The van der Waals surface area contributed by atoms with E-state index in [9.17, 15) is 8.78 Å². The molecular formula is C19H22F2O. The van der Waals surface area contributed by atoms with Crippen molar-refractivity contribution in [2.45, 2.75) is 40.2 Å². The van der Waals surface area contributed by atoms with E-state index < -0.39 is 12.0 Å². The summed E-state index contributed by atoms with van der Waals surface area (Å²) < 4.78 is 32.2. The molecule has 0 bridgehead atoms. The Hall–Kier alpha value is -1.90. The summed E-state index contributed by atoms with van der Waals surface area (Å²) in [5.41, 5.74) is 3.92. The smallest absolute Gasteiger partial charge is 0.400 e. The van der Waals surface area contributed by atoms with Gasteiger partial charge in [-0.1, -0.05) is 62.7 Å². The van der Waals surface area contributed by atoms with Crippen molar-refractivity contribution in [3.05, 3.63) is 53.6 Å². The van der Waals surface area contributed by atoms with Crippen molar-refractivity contribution < 1.29 is 13.5 Å². The number of rotatable bonds is 1. The third-order valence-corrected chi connectivity index (χ3v) is 3.80. The Morgan fingerprint density at radius 1 is 1.00 bits per heavy atom. The van der Waals surface area contributed by atoms with E-state index in [1.54, 1.807) is 6.07 Å². The summed E-state index contributed by atoms with van der Waals surface area (Å²) >= 11 is 0. The minimum atomic E-state index is -3.08. The molecule has 0 radical (unpaired) electrons. The van der Waals surface area contributed by atoms with Gasteiger partial charge in [0, 0.05) is 0 Å². The maximum atomic E-state index is 13.6. The Bertz CT molecular complexity index is 632. The molecule has 1 unspecified atom stereocenters. The Morgan fingerprint density at radius 2 is 1.59 bits per heavy atom. The molecule has 118 valence electrons. The van der Waals surface area contributed by atoms with Crippen LogP contribution >= 0.6 is 0 Å². The molecule has 1 aliphatic rings. The maximum absolute atomic E-state index is 13.6. The molecule has 0 fully saturated rings. The first-order chi connectivity index (χ1) is 10.5. The molecular weight excluding hydrogens is 282 g/mol. The van der Waals surface area contributed by atoms with Crippen molar-refractivity contribution in [2.75, 3.05) is 0 Å². The van der Waals surface area contributed by atoms with Crippen molar-refractivity contribution in [1.29, 1.82) is 0 Å².